The predicted octanol–water partition coefficient (Wildman–Crippen LogP) is 6.60. The van der Waals surface area contributed by atoms with E-state index < -0.39 is 32.1 Å². The van der Waals surface area contributed by atoms with Crippen LogP contribution in [-0.4, -0.2) is 14.3 Å². The van der Waals surface area contributed by atoms with Crippen molar-refractivity contribution < 1.29 is 17.7 Å². The van der Waals surface area contributed by atoms with Crippen LogP contribution in [0.15, 0.2) is 120 Å². The predicted molar refractivity (Wildman–Crippen MR) is 128 cm³/mol. The van der Waals surface area contributed by atoms with Gasteiger partial charge >= 0.3 is 0 Å². The summed E-state index contributed by atoms with van der Waals surface area (Å²) < 4.78 is 55.9. The van der Waals surface area contributed by atoms with Gasteiger partial charge in [-0.15, -0.1) is 0 Å². The number of hydrogen-bond acceptors (Lipinski definition) is 2. The van der Waals surface area contributed by atoms with E-state index in [1.165, 1.54) is 12.1 Å². The van der Waals surface area contributed by atoms with E-state index in [2.05, 4.69) is 0 Å². The Morgan fingerprint density at radius 1 is 0.618 bits per heavy atom. The van der Waals surface area contributed by atoms with Crippen molar-refractivity contribution in [1.29, 1.82) is 0 Å². The van der Waals surface area contributed by atoms with Crippen LogP contribution in [0.5, 0.6) is 0 Å². The Kier molecular flexibility index (Phi) is 4.66. The first kappa shape index (κ1) is 21.7. The van der Waals surface area contributed by atoms with E-state index in [1.54, 1.807) is 103 Å². The van der Waals surface area contributed by atoms with Gasteiger partial charge in [0.25, 0.3) is 10.1 Å². The molecule has 4 aromatic rings. The van der Waals surface area contributed by atoms with Crippen molar-refractivity contribution in [1.82, 2.24) is 0 Å². The van der Waals surface area contributed by atoms with Gasteiger partial charge in [0.15, 0.2) is 11.2 Å². The van der Waals surface area contributed by atoms with Gasteiger partial charge in [-0.1, -0.05) is 115 Å². The van der Waals surface area contributed by atoms with E-state index in [4.69, 9.17) is 16.3 Å². The van der Waals surface area contributed by atoms with E-state index in [-0.39, 0.29) is 4.90 Å². The van der Waals surface area contributed by atoms with Crippen LogP contribution in [0.3, 0.4) is 0 Å². The minimum atomic E-state index is -3.22. The number of hydrogen-bond donors (Lipinski definition) is 0. The van der Waals surface area contributed by atoms with Gasteiger partial charge in [0, 0.05) is 4.90 Å². The second kappa shape index (κ2) is 7.32. The zero-order valence-corrected chi connectivity index (χ0v) is 19.4. The summed E-state index contributed by atoms with van der Waals surface area (Å²) in [5.74, 6) is 0. The minimum Gasteiger partial charge on any atom is -0.340 e. The lowest BCUT2D eigenvalue weighted by Crippen LogP contribution is -2.62. The standard InChI is InChI=1S/C28H19ClF2O2S/c29-27(30)25(20-12-4-1-5-13-20)23-18-10-11-19-24(23)26(33-25,21-14-6-2-7-15-21)28(27,31)34(32)22-16-8-3-9-17-22/h1-19H. The lowest BCUT2D eigenvalue weighted by atomic mass is 9.69. The number of halogens is 3. The van der Waals surface area contributed by atoms with Crippen LogP contribution in [0.4, 0.5) is 8.78 Å². The summed E-state index contributed by atoms with van der Waals surface area (Å²) in [5, 5.41) is -6.39. The fourth-order valence-corrected chi connectivity index (χ4v) is 7.68. The monoisotopic (exact) mass is 492 g/mol. The van der Waals surface area contributed by atoms with Crippen molar-refractivity contribution in [2.45, 2.75) is 26.2 Å². The smallest absolute Gasteiger partial charge is 0.277 e. The Bertz CT molecular complexity index is 1400. The lowest BCUT2D eigenvalue weighted by molar-refractivity contribution is -0.0687. The van der Waals surface area contributed by atoms with Crippen molar-refractivity contribution in [2.24, 2.45) is 0 Å². The van der Waals surface area contributed by atoms with Gasteiger partial charge in [-0.25, -0.2) is 8.78 Å². The van der Waals surface area contributed by atoms with E-state index in [0.29, 0.717) is 22.3 Å². The Morgan fingerprint density at radius 3 is 1.56 bits per heavy atom. The van der Waals surface area contributed by atoms with Crippen LogP contribution in [0, 0.1) is 0 Å². The molecule has 2 aliphatic heterocycles. The molecule has 2 nitrogen and oxygen atoms in total. The van der Waals surface area contributed by atoms with Crippen molar-refractivity contribution in [3.63, 3.8) is 0 Å². The third-order valence-corrected chi connectivity index (χ3v) is 9.28. The molecule has 0 amide bonds. The lowest BCUT2D eigenvalue weighted by Gasteiger charge is -2.45. The van der Waals surface area contributed by atoms with Gasteiger partial charge in [-0.3, -0.25) is 4.21 Å². The van der Waals surface area contributed by atoms with E-state index >= 15 is 8.78 Å². The first-order chi connectivity index (χ1) is 16.4. The van der Waals surface area contributed by atoms with Crippen molar-refractivity contribution >= 4 is 22.4 Å². The highest BCUT2D eigenvalue weighted by atomic mass is 35.5. The van der Waals surface area contributed by atoms with Crippen LogP contribution < -0.4 is 0 Å². The fourth-order valence-electron chi connectivity index (χ4n) is 5.45. The molecule has 0 N–H and O–H groups in total. The van der Waals surface area contributed by atoms with Crippen molar-refractivity contribution in [3.05, 3.63) is 138 Å². The molecule has 0 spiro atoms. The molecule has 2 heterocycles. The maximum absolute atomic E-state index is 17.9. The molecule has 0 aromatic heterocycles. The Balaban J connectivity index is 1.77. The molecule has 0 aliphatic carbocycles. The summed E-state index contributed by atoms with van der Waals surface area (Å²) in [4.78, 5) is 0.125. The molecule has 5 atom stereocenters. The number of benzene rings is 4. The van der Waals surface area contributed by atoms with Gasteiger partial charge in [-0.05, 0) is 34.4 Å². The number of alkyl halides is 3. The van der Waals surface area contributed by atoms with Gasteiger partial charge in [0.1, 0.15) is 0 Å². The highest BCUT2D eigenvalue weighted by molar-refractivity contribution is 7.86. The van der Waals surface area contributed by atoms with Crippen LogP contribution in [0.1, 0.15) is 22.3 Å². The largest absolute Gasteiger partial charge is 0.340 e. The molecule has 170 valence electrons. The average Bonchev–Trinajstić information content (AvgIpc) is 3.31. The summed E-state index contributed by atoms with van der Waals surface area (Å²) in [6.45, 7) is 0. The summed E-state index contributed by atoms with van der Waals surface area (Å²) in [7, 11) is -2.54. The van der Waals surface area contributed by atoms with Gasteiger partial charge in [0.2, 0.25) is 0 Å². The van der Waals surface area contributed by atoms with E-state index in [1.807, 2.05) is 0 Å². The van der Waals surface area contributed by atoms with Crippen LogP contribution in [0.25, 0.3) is 0 Å². The third kappa shape index (κ3) is 2.35. The summed E-state index contributed by atoms with van der Waals surface area (Å²) in [6, 6.07) is 32.0. The molecule has 2 aliphatic rings. The van der Waals surface area contributed by atoms with Crippen molar-refractivity contribution in [3.8, 4) is 0 Å². The topological polar surface area (TPSA) is 26.3 Å². The first-order valence-corrected chi connectivity index (χ1v) is 12.4. The average molecular weight is 493 g/mol. The molecular weight excluding hydrogens is 474 g/mol. The summed E-state index contributed by atoms with van der Waals surface area (Å²) in [6.07, 6.45) is 0. The number of fused-ring (bicyclic) bond motifs is 5. The minimum absolute atomic E-state index is 0.125. The van der Waals surface area contributed by atoms with Gasteiger partial charge in [-0.2, -0.15) is 0 Å². The number of ether oxygens (including phenoxy) is 1. The molecule has 4 aromatic carbocycles. The summed E-state index contributed by atoms with van der Waals surface area (Å²) in [5.41, 5.74) is -2.57. The highest BCUT2D eigenvalue weighted by Crippen LogP contribution is 2.76. The SMILES string of the molecule is O=S(c1ccccc1)C1(F)C2(c3ccccc3)OC(c3ccccc3)(c3ccccc32)C1(F)Cl. The number of rotatable bonds is 4. The molecule has 1 fully saturated rings. The van der Waals surface area contributed by atoms with E-state index in [9.17, 15) is 4.21 Å². The van der Waals surface area contributed by atoms with Crippen molar-refractivity contribution in [2.75, 3.05) is 0 Å². The summed E-state index contributed by atoms with van der Waals surface area (Å²) >= 11 is 6.71. The Hall–Kier alpha value is -2.86. The van der Waals surface area contributed by atoms with Crippen LogP contribution in [0.2, 0.25) is 0 Å². The zero-order valence-electron chi connectivity index (χ0n) is 17.8. The molecule has 6 heteroatoms. The second-order valence-electron chi connectivity index (χ2n) is 8.49. The Labute approximate surface area is 203 Å². The second-order valence-corrected chi connectivity index (χ2v) is 10.6. The zero-order chi connectivity index (χ0) is 23.6. The van der Waals surface area contributed by atoms with Gasteiger partial charge < -0.3 is 4.74 Å². The molecule has 6 rings (SSSR count). The van der Waals surface area contributed by atoms with Crippen LogP contribution >= 0.6 is 11.6 Å². The normalized spacial score (nSPS) is 32.3. The molecule has 34 heavy (non-hydrogen) atoms. The quantitative estimate of drug-likeness (QED) is 0.300. The Morgan fingerprint density at radius 2 is 1.03 bits per heavy atom. The maximum atomic E-state index is 17.9. The maximum Gasteiger partial charge on any atom is 0.277 e. The highest BCUT2D eigenvalue weighted by Gasteiger charge is 2.90. The molecule has 0 saturated carbocycles. The molecule has 2 bridgehead atoms. The molecular formula is C28H19ClF2O2S. The molecule has 0 radical (unpaired) electrons. The molecule has 5 unspecified atom stereocenters. The fraction of sp³-hybridized carbons (Fsp3) is 0.143. The third-order valence-electron chi connectivity index (χ3n) is 6.86. The first-order valence-electron chi connectivity index (χ1n) is 10.9. The van der Waals surface area contributed by atoms with Crippen LogP contribution in [-0.2, 0) is 26.7 Å². The van der Waals surface area contributed by atoms with E-state index in [0.717, 1.165) is 0 Å². The molecule has 1 saturated heterocycles. The van der Waals surface area contributed by atoms with Gasteiger partial charge in [0.05, 0.1) is 10.8 Å².